The van der Waals surface area contributed by atoms with E-state index < -0.39 is 11.6 Å². The van der Waals surface area contributed by atoms with Crippen molar-refractivity contribution in [1.29, 1.82) is 0 Å². The smallest absolute Gasteiger partial charge is 0.319 e. The van der Waals surface area contributed by atoms with Gasteiger partial charge in [-0.3, -0.25) is 4.98 Å². The number of hydrogen-bond donors (Lipinski definition) is 2. The predicted molar refractivity (Wildman–Crippen MR) is 110 cm³/mol. The Hall–Kier alpha value is -2.93. The van der Waals surface area contributed by atoms with Crippen molar-refractivity contribution in [2.24, 2.45) is 11.8 Å². The zero-order valence-corrected chi connectivity index (χ0v) is 16.1. The summed E-state index contributed by atoms with van der Waals surface area (Å²) in [5.74, 6) is -0.557. The van der Waals surface area contributed by atoms with Gasteiger partial charge in [0.15, 0.2) is 0 Å². The van der Waals surface area contributed by atoms with Crippen LogP contribution in [0.4, 0.5) is 25.0 Å². The fraction of sp³-hybridized carbons (Fsp3) is 0.238. The van der Waals surface area contributed by atoms with Gasteiger partial charge < -0.3 is 15.5 Å². The molecule has 2 aromatic carbocycles. The van der Waals surface area contributed by atoms with Gasteiger partial charge in [0.2, 0.25) is 0 Å². The lowest BCUT2D eigenvalue weighted by atomic mass is 10.1. The highest BCUT2D eigenvalue weighted by molar-refractivity contribution is 6.01. The Kier molecular flexibility index (Phi) is 5.00. The molecule has 2 fully saturated rings. The Morgan fingerprint density at radius 3 is 2.66 bits per heavy atom. The fourth-order valence-electron chi connectivity index (χ4n) is 4.22. The number of amides is 2. The average molecular weight is 417 g/mol. The van der Waals surface area contributed by atoms with Gasteiger partial charge in [-0.25, -0.2) is 13.6 Å². The molecule has 5 rings (SSSR count). The third-order valence-corrected chi connectivity index (χ3v) is 5.67. The minimum Gasteiger partial charge on any atom is -0.368 e. The van der Waals surface area contributed by atoms with E-state index in [-0.39, 0.29) is 36.3 Å². The number of anilines is 2. The maximum absolute atomic E-state index is 14.0. The molecule has 1 aliphatic carbocycles. The van der Waals surface area contributed by atoms with Crippen molar-refractivity contribution in [3.05, 3.63) is 66.5 Å². The molecule has 2 aliphatic rings. The van der Waals surface area contributed by atoms with Gasteiger partial charge in [-0.1, -0.05) is 12.1 Å². The second-order valence-corrected chi connectivity index (χ2v) is 7.36. The number of urea groups is 1. The van der Waals surface area contributed by atoms with Crippen LogP contribution in [0.15, 0.2) is 54.9 Å². The maximum Gasteiger partial charge on any atom is 0.319 e. The van der Waals surface area contributed by atoms with Crippen molar-refractivity contribution >= 4 is 40.6 Å². The van der Waals surface area contributed by atoms with E-state index in [1.165, 1.54) is 12.1 Å². The molecule has 2 atom stereocenters. The summed E-state index contributed by atoms with van der Waals surface area (Å²) in [5, 5.41) is 7.82. The number of rotatable bonds is 3. The number of nitrogens with zero attached hydrogens (tertiary/aromatic N) is 2. The molecule has 3 aromatic rings. The van der Waals surface area contributed by atoms with Crippen LogP contribution in [-0.2, 0) is 0 Å². The minimum atomic E-state index is -0.578. The molecule has 0 bridgehead atoms. The quantitative estimate of drug-likeness (QED) is 0.673. The molecule has 2 unspecified atom stereocenters. The van der Waals surface area contributed by atoms with Crippen LogP contribution in [0.2, 0.25) is 0 Å². The first-order valence-corrected chi connectivity index (χ1v) is 9.20. The van der Waals surface area contributed by atoms with Gasteiger partial charge in [-0.15, -0.1) is 12.4 Å². The first-order valence-electron chi connectivity index (χ1n) is 9.20. The van der Waals surface area contributed by atoms with E-state index in [0.717, 1.165) is 22.5 Å². The third-order valence-electron chi connectivity index (χ3n) is 5.67. The maximum atomic E-state index is 14.0. The van der Waals surface area contributed by atoms with Crippen LogP contribution in [-0.4, -0.2) is 30.1 Å². The van der Waals surface area contributed by atoms with Gasteiger partial charge in [0.25, 0.3) is 0 Å². The van der Waals surface area contributed by atoms with Crippen molar-refractivity contribution in [1.82, 2.24) is 10.3 Å². The van der Waals surface area contributed by atoms with Crippen LogP contribution >= 0.6 is 12.4 Å². The third kappa shape index (κ3) is 3.58. The summed E-state index contributed by atoms with van der Waals surface area (Å²) >= 11 is 0. The largest absolute Gasteiger partial charge is 0.368 e. The van der Waals surface area contributed by atoms with Gasteiger partial charge in [-0.05, 0) is 24.3 Å². The second kappa shape index (κ2) is 7.48. The van der Waals surface area contributed by atoms with Crippen molar-refractivity contribution in [2.45, 2.75) is 6.04 Å². The number of hydrogen-bond acceptors (Lipinski definition) is 3. The van der Waals surface area contributed by atoms with Crippen LogP contribution in [0.25, 0.3) is 10.8 Å². The summed E-state index contributed by atoms with van der Waals surface area (Å²) in [4.78, 5) is 18.4. The lowest BCUT2D eigenvalue weighted by Crippen LogP contribution is -2.37. The van der Waals surface area contributed by atoms with E-state index in [1.54, 1.807) is 12.4 Å². The molecule has 2 N–H and O–H groups in total. The number of halogens is 3. The summed E-state index contributed by atoms with van der Waals surface area (Å²) < 4.78 is 27.0. The molecule has 29 heavy (non-hydrogen) atoms. The molecule has 0 spiro atoms. The monoisotopic (exact) mass is 416 g/mol. The Balaban J connectivity index is 0.00000205. The van der Waals surface area contributed by atoms with E-state index >= 15 is 0 Å². The highest BCUT2D eigenvalue weighted by Gasteiger charge is 2.56. The molecule has 8 heteroatoms. The van der Waals surface area contributed by atoms with Gasteiger partial charge in [0.1, 0.15) is 11.6 Å². The van der Waals surface area contributed by atoms with Crippen LogP contribution in [0.3, 0.4) is 0 Å². The topological polar surface area (TPSA) is 57.3 Å². The number of carbonyl (C=O) groups excluding carboxylic acids is 1. The van der Waals surface area contributed by atoms with E-state index in [0.29, 0.717) is 18.8 Å². The molecule has 0 radical (unpaired) electrons. The molecular formula is C21H19ClF2N4O. The SMILES string of the molecule is Cl.O=C(Nc1cccc2cnccc12)NC1C2CN(c3ccc(F)cc3F)CC21. The lowest BCUT2D eigenvalue weighted by molar-refractivity contribution is 0.250. The number of pyridine rings is 1. The van der Waals surface area contributed by atoms with Crippen molar-refractivity contribution in [3.63, 3.8) is 0 Å². The number of piperidine rings is 1. The molecule has 1 saturated heterocycles. The van der Waals surface area contributed by atoms with E-state index in [9.17, 15) is 13.6 Å². The lowest BCUT2D eigenvalue weighted by Gasteiger charge is -2.23. The van der Waals surface area contributed by atoms with Gasteiger partial charge >= 0.3 is 6.03 Å². The predicted octanol–water partition coefficient (Wildman–Crippen LogP) is 4.19. The Morgan fingerprint density at radius 2 is 1.90 bits per heavy atom. The highest BCUT2D eigenvalue weighted by Crippen LogP contribution is 2.47. The summed E-state index contributed by atoms with van der Waals surface area (Å²) in [6, 6.07) is 11.0. The Bertz CT molecular complexity index is 1060. The minimum absolute atomic E-state index is 0. The molecule has 2 heterocycles. The summed E-state index contributed by atoms with van der Waals surface area (Å²) in [7, 11) is 0. The molecule has 1 aliphatic heterocycles. The summed E-state index contributed by atoms with van der Waals surface area (Å²) in [5.41, 5.74) is 1.15. The summed E-state index contributed by atoms with van der Waals surface area (Å²) in [6.07, 6.45) is 3.45. The van der Waals surface area contributed by atoms with Crippen LogP contribution in [0, 0.1) is 23.5 Å². The Morgan fingerprint density at radius 1 is 1.10 bits per heavy atom. The first-order chi connectivity index (χ1) is 13.6. The molecule has 1 saturated carbocycles. The van der Waals surface area contributed by atoms with Crippen LogP contribution < -0.4 is 15.5 Å². The van der Waals surface area contributed by atoms with E-state index in [4.69, 9.17) is 0 Å². The highest BCUT2D eigenvalue weighted by atomic mass is 35.5. The van der Waals surface area contributed by atoms with E-state index in [1.807, 2.05) is 29.2 Å². The molecule has 150 valence electrons. The second-order valence-electron chi connectivity index (χ2n) is 7.36. The summed E-state index contributed by atoms with van der Waals surface area (Å²) in [6.45, 7) is 1.30. The fourth-order valence-corrected chi connectivity index (χ4v) is 4.22. The molecule has 5 nitrogen and oxygen atoms in total. The molecule has 1 aromatic heterocycles. The number of benzene rings is 2. The van der Waals surface area contributed by atoms with Gasteiger partial charge in [0, 0.05) is 60.2 Å². The number of nitrogens with one attached hydrogen (secondary N) is 2. The Labute approximate surface area is 172 Å². The zero-order chi connectivity index (χ0) is 19.3. The van der Waals surface area contributed by atoms with Crippen molar-refractivity contribution in [2.75, 3.05) is 23.3 Å². The van der Waals surface area contributed by atoms with Gasteiger partial charge in [0.05, 0.1) is 11.4 Å². The number of fused-ring (bicyclic) bond motifs is 2. The van der Waals surface area contributed by atoms with E-state index in [2.05, 4.69) is 15.6 Å². The molecular weight excluding hydrogens is 398 g/mol. The van der Waals surface area contributed by atoms with Crippen LogP contribution in [0.1, 0.15) is 0 Å². The number of aromatic nitrogens is 1. The van der Waals surface area contributed by atoms with Crippen molar-refractivity contribution in [3.8, 4) is 0 Å². The van der Waals surface area contributed by atoms with Gasteiger partial charge in [-0.2, -0.15) is 0 Å². The van der Waals surface area contributed by atoms with Crippen molar-refractivity contribution < 1.29 is 13.6 Å². The normalized spacial score (nSPS) is 22.0. The standard InChI is InChI=1S/C21H18F2N4O.ClH/c22-13-4-5-19(17(23)8-13)27-10-15-16(11-27)20(15)26-21(28)25-18-3-1-2-12-9-24-7-6-14(12)18;/h1-9,15-16,20H,10-11H2,(H2,25,26,28);1H. The first kappa shape index (κ1) is 19.4. The zero-order valence-electron chi connectivity index (χ0n) is 15.3. The average Bonchev–Trinajstić information content (AvgIpc) is 3.11. The van der Waals surface area contributed by atoms with Crippen LogP contribution in [0.5, 0.6) is 0 Å². The number of carbonyl (C=O) groups is 1. The molecule has 2 amide bonds.